The van der Waals surface area contributed by atoms with Gasteiger partial charge in [0.2, 0.25) is 0 Å². The fourth-order valence-electron chi connectivity index (χ4n) is 1.46. The van der Waals surface area contributed by atoms with Crippen LogP contribution >= 0.6 is 0 Å². The second-order valence-corrected chi connectivity index (χ2v) is 3.52. The molecule has 2 rings (SSSR count). The van der Waals surface area contributed by atoms with E-state index in [1.807, 2.05) is 25.1 Å². The molecule has 0 aliphatic carbocycles. The van der Waals surface area contributed by atoms with Crippen LogP contribution in [0, 0.1) is 6.92 Å². The first-order valence-electron chi connectivity index (χ1n) is 5.13. The summed E-state index contributed by atoms with van der Waals surface area (Å²) in [6.45, 7) is 2.47. The summed E-state index contributed by atoms with van der Waals surface area (Å²) in [6.07, 6.45) is 1.76. The van der Waals surface area contributed by atoms with Crippen LogP contribution in [0.2, 0.25) is 0 Å². The molecule has 0 aliphatic rings. The molecule has 0 saturated heterocycles. The zero-order valence-corrected chi connectivity index (χ0v) is 9.10. The summed E-state index contributed by atoms with van der Waals surface area (Å²) in [4.78, 5) is 4.18. The predicted molar refractivity (Wildman–Crippen MR) is 60.9 cm³/mol. The Morgan fingerprint density at radius 3 is 2.81 bits per heavy atom. The third-order valence-corrected chi connectivity index (χ3v) is 2.33. The Morgan fingerprint density at radius 1 is 1.31 bits per heavy atom. The van der Waals surface area contributed by atoms with E-state index in [0.717, 1.165) is 17.1 Å². The van der Waals surface area contributed by atoms with Crippen molar-refractivity contribution < 1.29 is 9.52 Å². The Hall–Kier alpha value is -1.81. The molecule has 2 heterocycles. The molecule has 16 heavy (non-hydrogen) atoms. The highest BCUT2D eigenvalue weighted by Crippen LogP contribution is 2.13. The van der Waals surface area contributed by atoms with Gasteiger partial charge in [0, 0.05) is 6.20 Å². The fraction of sp³-hybridized carbons (Fsp3) is 0.250. The van der Waals surface area contributed by atoms with Gasteiger partial charge in [-0.1, -0.05) is 0 Å². The maximum atomic E-state index is 8.86. The molecule has 0 saturated carbocycles. The maximum Gasteiger partial charge on any atom is 0.129 e. The van der Waals surface area contributed by atoms with Crippen LogP contribution < -0.4 is 5.32 Å². The first-order chi connectivity index (χ1) is 7.79. The molecule has 2 aromatic rings. The number of aliphatic hydroxyl groups is 1. The smallest absolute Gasteiger partial charge is 0.129 e. The Labute approximate surface area is 93.9 Å². The van der Waals surface area contributed by atoms with Gasteiger partial charge in [-0.3, -0.25) is 4.98 Å². The second-order valence-electron chi connectivity index (χ2n) is 3.52. The fourth-order valence-corrected chi connectivity index (χ4v) is 1.46. The number of rotatable bonds is 4. The second kappa shape index (κ2) is 4.81. The van der Waals surface area contributed by atoms with Crippen LogP contribution in [-0.4, -0.2) is 10.1 Å². The lowest BCUT2D eigenvalue weighted by Crippen LogP contribution is -2.00. The molecular formula is C12H14N2O2. The Morgan fingerprint density at radius 2 is 2.12 bits per heavy atom. The summed E-state index contributed by atoms with van der Waals surface area (Å²) >= 11 is 0. The average molecular weight is 218 g/mol. The predicted octanol–water partition coefficient (Wildman–Crippen LogP) is 2.09. The number of hydrogen-bond donors (Lipinski definition) is 2. The van der Waals surface area contributed by atoms with Crippen molar-refractivity contribution >= 4 is 5.69 Å². The molecule has 84 valence electrons. The summed E-state index contributed by atoms with van der Waals surface area (Å²) in [5, 5.41) is 12.1. The van der Waals surface area contributed by atoms with Gasteiger partial charge in [-0.15, -0.1) is 0 Å². The van der Waals surface area contributed by atoms with Gasteiger partial charge in [-0.05, 0) is 31.2 Å². The highest BCUT2D eigenvalue weighted by Gasteiger charge is 2.02. The van der Waals surface area contributed by atoms with Gasteiger partial charge in [-0.2, -0.15) is 0 Å². The van der Waals surface area contributed by atoms with Crippen molar-refractivity contribution in [2.45, 2.75) is 20.1 Å². The third kappa shape index (κ3) is 2.41. The highest BCUT2D eigenvalue weighted by molar-refractivity contribution is 5.46. The molecule has 4 nitrogen and oxygen atoms in total. The molecule has 0 amide bonds. The van der Waals surface area contributed by atoms with Crippen LogP contribution in [0.1, 0.15) is 17.2 Å². The van der Waals surface area contributed by atoms with E-state index in [4.69, 9.17) is 9.52 Å². The molecule has 0 fully saturated rings. The zero-order valence-electron chi connectivity index (χ0n) is 9.10. The van der Waals surface area contributed by atoms with Crippen molar-refractivity contribution in [2.75, 3.05) is 5.32 Å². The number of hydrogen-bond acceptors (Lipinski definition) is 4. The lowest BCUT2D eigenvalue weighted by atomic mass is 10.3. The minimum atomic E-state index is -0.0636. The van der Waals surface area contributed by atoms with Crippen LogP contribution in [0.15, 0.2) is 34.9 Å². The van der Waals surface area contributed by atoms with Crippen molar-refractivity contribution in [1.82, 2.24) is 4.98 Å². The Balaban J connectivity index is 1.99. The summed E-state index contributed by atoms with van der Waals surface area (Å²) in [6, 6.07) is 7.48. The van der Waals surface area contributed by atoms with Crippen molar-refractivity contribution in [3.05, 3.63) is 47.7 Å². The summed E-state index contributed by atoms with van der Waals surface area (Å²) in [5.74, 6) is 1.38. The van der Waals surface area contributed by atoms with Gasteiger partial charge in [0.1, 0.15) is 18.1 Å². The van der Waals surface area contributed by atoms with Gasteiger partial charge in [0.25, 0.3) is 0 Å². The first-order valence-corrected chi connectivity index (χ1v) is 5.13. The number of aromatic nitrogens is 1. The molecule has 0 atom stereocenters. The molecule has 0 aromatic carbocycles. The number of aliphatic hydroxyl groups excluding tert-OH is 1. The summed E-state index contributed by atoms with van der Waals surface area (Å²) < 4.78 is 5.36. The van der Waals surface area contributed by atoms with Crippen LogP contribution in [0.4, 0.5) is 5.69 Å². The molecule has 0 aliphatic heterocycles. The topological polar surface area (TPSA) is 58.3 Å². The van der Waals surface area contributed by atoms with E-state index in [0.29, 0.717) is 12.3 Å². The van der Waals surface area contributed by atoms with Gasteiger partial charge in [0.15, 0.2) is 0 Å². The van der Waals surface area contributed by atoms with Crippen molar-refractivity contribution in [1.29, 1.82) is 0 Å². The zero-order chi connectivity index (χ0) is 11.4. The Kier molecular flexibility index (Phi) is 3.22. The quantitative estimate of drug-likeness (QED) is 0.825. The van der Waals surface area contributed by atoms with Crippen LogP contribution in [-0.2, 0) is 13.2 Å². The van der Waals surface area contributed by atoms with Crippen molar-refractivity contribution in [3.63, 3.8) is 0 Å². The monoisotopic (exact) mass is 218 g/mol. The van der Waals surface area contributed by atoms with Gasteiger partial charge >= 0.3 is 0 Å². The SMILES string of the molecule is Cc1ncccc1NCc1ccc(CO)o1. The number of aryl methyl sites for hydroxylation is 1. The molecule has 2 aromatic heterocycles. The maximum absolute atomic E-state index is 8.86. The molecular weight excluding hydrogens is 204 g/mol. The van der Waals surface area contributed by atoms with E-state index in [9.17, 15) is 0 Å². The van der Waals surface area contributed by atoms with Gasteiger partial charge in [0.05, 0.1) is 17.9 Å². The van der Waals surface area contributed by atoms with Crippen LogP contribution in [0.5, 0.6) is 0 Å². The lowest BCUT2D eigenvalue weighted by Gasteiger charge is -2.06. The number of nitrogens with zero attached hydrogens (tertiary/aromatic N) is 1. The average Bonchev–Trinajstić information content (AvgIpc) is 2.76. The summed E-state index contributed by atoms with van der Waals surface area (Å²) in [5.41, 5.74) is 1.95. The molecule has 0 bridgehead atoms. The highest BCUT2D eigenvalue weighted by atomic mass is 16.4. The van der Waals surface area contributed by atoms with E-state index < -0.39 is 0 Å². The number of anilines is 1. The molecule has 0 spiro atoms. The minimum absolute atomic E-state index is 0.0636. The van der Waals surface area contributed by atoms with Crippen LogP contribution in [0.3, 0.4) is 0 Å². The van der Waals surface area contributed by atoms with E-state index in [1.54, 1.807) is 12.3 Å². The minimum Gasteiger partial charge on any atom is -0.462 e. The molecule has 4 heteroatoms. The number of pyridine rings is 1. The van der Waals surface area contributed by atoms with E-state index >= 15 is 0 Å². The summed E-state index contributed by atoms with van der Waals surface area (Å²) in [7, 11) is 0. The first kappa shape index (κ1) is 10.7. The normalized spacial score (nSPS) is 10.4. The molecule has 0 unspecified atom stereocenters. The molecule has 0 radical (unpaired) electrons. The third-order valence-electron chi connectivity index (χ3n) is 2.33. The Bertz CT molecular complexity index is 466. The molecule has 2 N–H and O–H groups in total. The van der Waals surface area contributed by atoms with Crippen molar-refractivity contribution in [2.24, 2.45) is 0 Å². The number of furan rings is 1. The van der Waals surface area contributed by atoms with E-state index in [2.05, 4.69) is 10.3 Å². The van der Waals surface area contributed by atoms with E-state index in [-0.39, 0.29) is 6.61 Å². The van der Waals surface area contributed by atoms with Crippen LogP contribution in [0.25, 0.3) is 0 Å². The van der Waals surface area contributed by atoms with Crippen molar-refractivity contribution in [3.8, 4) is 0 Å². The standard InChI is InChI=1S/C12H14N2O2/c1-9-12(3-2-6-13-9)14-7-10-4-5-11(8-15)16-10/h2-6,14-15H,7-8H2,1H3. The van der Waals surface area contributed by atoms with Gasteiger partial charge in [-0.25, -0.2) is 0 Å². The largest absolute Gasteiger partial charge is 0.462 e. The lowest BCUT2D eigenvalue weighted by molar-refractivity contribution is 0.244. The van der Waals surface area contributed by atoms with Gasteiger partial charge < -0.3 is 14.8 Å². The van der Waals surface area contributed by atoms with E-state index in [1.165, 1.54) is 0 Å². The number of nitrogens with one attached hydrogen (secondary N) is 1.